The van der Waals surface area contributed by atoms with Crippen molar-refractivity contribution in [3.8, 4) is 0 Å². The van der Waals surface area contributed by atoms with Crippen LogP contribution >= 0.6 is 12.2 Å². The van der Waals surface area contributed by atoms with E-state index in [0.717, 1.165) is 17.3 Å². The van der Waals surface area contributed by atoms with Crippen LogP contribution in [0, 0.1) is 0 Å². The first-order valence-electron chi connectivity index (χ1n) is 7.85. The molecule has 2 N–H and O–H groups in total. The van der Waals surface area contributed by atoms with Crippen LogP contribution < -0.4 is 10.6 Å². The summed E-state index contributed by atoms with van der Waals surface area (Å²) in [4.78, 5) is 0. The molecule has 1 heterocycles. The lowest BCUT2D eigenvalue weighted by atomic mass is 10.1. The monoisotopic (exact) mass is 309 g/mol. The van der Waals surface area contributed by atoms with Gasteiger partial charge in [-0.05, 0) is 56.2 Å². The molecule has 0 bridgehead atoms. The van der Waals surface area contributed by atoms with Gasteiger partial charge in [-0.3, -0.25) is 0 Å². The minimum Gasteiger partial charge on any atom is -0.360 e. The Kier molecular flexibility index (Phi) is 3.26. The van der Waals surface area contributed by atoms with Crippen LogP contribution in [-0.2, 0) is 6.54 Å². The van der Waals surface area contributed by atoms with E-state index in [0.29, 0.717) is 6.04 Å². The van der Waals surface area contributed by atoms with Gasteiger partial charge in [0.05, 0.1) is 0 Å². The van der Waals surface area contributed by atoms with Crippen molar-refractivity contribution in [2.45, 2.75) is 32.4 Å². The summed E-state index contributed by atoms with van der Waals surface area (Å²) in [5.41, 5.74) is 3.61. The smallest absolute Gasteiger partial charge is 0.170 e. The molecule has 2 aromatic carbocycles. The van der Waals surface area contributed by atoms with Crippen LogP contribution in [0.1, 0.15) is 19.8 Å². The van der Waals surface area contributed by atoms with E-state index in [1.54, 1.807) is 0 Å². The van der Waals surface area contributed by atoms with E-state index >= 15 is 0 Å². The molecular weight excluding hydrogens is 290 g/mol. The summed E-state index contributed by atoms with van der Waals surface area (Å²) in [5.74, 6) is 0. The molecule has 1 fully saturated rings. The van der Waals surface area contributed by atoms with Gasteiger partial charge in [0.2, 0.25) is 0 Å². The van der Waals surface area contributed by atoms with E-state index in [-0.39, 0.29) is 0 Å². The Morgan fingerprint density at radius 3 is 2.68 bits per heavy atom. The van der Waals surface area contributed by atoms with Gasteiger partial charge in [-0.1, -0.05) is 18.2 Å². The fourth-order valence-electron chi connectivity index (χ4n) is 3.05. The Balaban J connectivity index is 1.76. The summed E-state index contributed by atoms with van der Waals surface area (Å²) in [7, 11) is 0. The Labute approximate surface area is 135 Å². The van der Waals surface area contributed by atoms with Crippen LogP contribution in [0.15, 0.2) is 42.5 Å². The minimum absolute atomic E-state index is 0.575. The molecule has 0 saturated heterocycles. The number of hydrogen-bond acceptors (Lipinski definition) is 1. The molecule has 3 aromatic rings. The third-order valence-corrected chi connectivity index (χ3v) is 4.48. The summed E-state index contributed by atoms with van der Waals surface area (Å²) in [6, 6.07) is 15.6. The number of fused-ring (bicyclic) bond motifs is 3. The first-order valence-corrected chi connectivity index (χ1v) is 8.25. The molecule has 0 amide bonds. The molecule has 4 rings (SSSR count). The third kappa shape index (κ3) is 2.33. The molecule has 0 unspecified atom stereocenters. The third-order valence-electron chi connectivity index (χ3n) is 4.26. The highest BCUT2D eigenvalue weighted by Gasteiger charge is 2.21. The molecule has 3 nitrogen and oxygen atoms in total. The van der Waals surface area contributed by atoms with Crippen molar-refractivity contribution in [1.29, 1.82) is 0 Å². The number of nitrogens with zero attached hydrogens (tertiary/aromatic N) is 1. The minimum atomic E-state index is 0.575. The van der Waals surface area contributed by atoms with Crippen molar-refractivity contribution in [3.63, 3.8) is 0 Å². The summed E-state index contributed by atoms with van der Waals surface area (Å²) in [6.45, 7) is 3.16. The predicted octanol–water partition coefficient (Wildman–Crippen LogP) is 4.26. The Bertz CT molecular complexity index is 861. The lowest BCUT2D eigenvalue weighted by molar-refractivity contribution is 0.827. The maximum atomic E-state index is 5.37. The van der Waals surface area contributed by atoms with Crippen LogP contribution in [0.25, 0.3) is 21.8 Å². The topological polar surface area (TPSA) is 29.0 Å². The molecule has 0 spiro atoms. The van der Waals surface area contributed by atoms with Crippen LogP contribution in [0.2, 0.25) is 0 Å². The van der Waals surface area contributed by atoms with Gasteiger partial charge >= 0.3 is 0 Å². The summed E-state index contributed by atoms with van der Waals surface area (Å²) < 4.78 is 2.36. The fourth-order valence-corrected chi connectivity index (χ4v) is 3.34. The van der Waals surface area contributed by atoms with Crippen molar-refractivity contribution >= 4 is 44.8 Å². The largest absolute Gasteiger partial charge is 0.360 e. The Morgan fingerprint density at radius 2 is 1.91 bits per heavy atom. The average molecular weight is 309 g/mol. The number of para-hydroxylation sites is 1. The lowest BCUT2D eigenvalue weighted by Gasteiger charge is -2.10. The van der Waals surface area contributed by atoms with Gasteiger partial charge in [-0.15, -0.1) is 0 Å². The van der Waals surface area contributed by atoms with Crippen molar-refractivity contribution in [2.75, 3.05) is 5.32 Å². The zero-order valence-electron chi connectivity index (χ0n) is 12.6. The fraction of sp³-hybridized carbons (Fsp3) is 0.278. The molecule has 0 radical (unpaired) electrons. The van der Waals surface area contributed by atoms with Crippen molar-refractivity contribution < 1.29 is 0 Å². The Morgan fingerprint density at radius 1 is 1.14 bits per heavy atom. The second-order valence-corrected chi connectivity index (χ2v) is 6.27. The number of rotatable bonds is 3. The van der Waals surface area contributed by atoms with E-state index in [1.807, 2.05) is 0 Å². The number of hydrogen-bond donors (Lipinski definition) is 2. The maximum absolute atomic E-state index is 5.37. The molecule has 4 heteroatoms. The van der Waals surface area contributed by atoms with Crippen LogP contribution in [0.5, 0.6) is 0 Å². The number of anilines is 1. The number of nitrogens with one attached hydrogen (secondary N) is 2. The summed E-state index contributed by atoms with van der Waals surface area (Å²) in [5, 5.41) is 9.92. The number of benzene rings is 2. The summed E-state index contributed by atoms with van der Waals surface area (Å²) >= 11 is 5.37. The standard InChI is InChI=1S/C18H19N3S/c1-2-21-16-6-4-3-5-14(16)15-11-13(9-10-17(15)21)20-18(22)19-12-7-8-12/h3-6,9-12H,2,7-8H2,1H3,(H2,19,20,22). The Hall–Kier alpha value is -2.07. The van der Waals surface area contributed by atoms with Crippen molar-refractivity contribution in [1.82, 2.24) is 9.88 Å². The van der Waals surface area contributed by atoms with Gasteiger partial charge in [0, 0.05) is 40.1 Å². The molecule has 0 atom stereocenters. The normalized spacial score (nSPS) is 14.4. The van der Waals surface area contributed by atoms with Gasteiger partial charge in [0.25, 0.3) is 0 Å². The van der Waals surface area contributed by atoms with Gasteiger partial charge < -0.3 is 15.2 Å². The van der Waals surface area contributed by atoms with Crippen LogP contribution in [0.3, 0.4) is 0 Å². The molecule has 0 aliphatic heterocycles. The molecular formula is C18H19N3S. The molecule has 1 aliphatic rings. The van der Waals surface area contributed by atoms with Crippen LogP contribution in [0.4, 0.5) is 5.69 Å². The number of thiocarbonyl (C=S) groups is 1. The van der Waals surface area contributed by atoms with E-state index in [2.05, 4.69) is 64.6 Å². The summed E-state index contributed by atoms with van der Waals surface area (Å²) in [6.07, 6.45) is 2.45. The quantitative estimate of drug-likeness (QED) is 0.708. The van der Waals surface area contributed by atoms with E-state index in [4.69, 9.17) is 12.2 Å². The highest BCUT2D eigenvalue weighted by molar-refractivity contribution is 7.80. The van der Waals surface area contributed by atoms with Crippen molar-refractivity contribution in [3.05, 3.63) is 42.5 Å². The second-order valence-electron chi connectivity index (χ2n) is 5.87. The zero-order chi connectivity index (χ0) is 15.1. The van der Waals surface area contributed by atoms with Gasteiger partial charge in [0.1, 0.15) is 0 Å². The van der Waals surface area contributed by atoms with Crippen molar-refractivity contribution in [2.24, 2.45) is 0 Å². The molecule has 1 aliphatic carbocycles. The van der Waals surface area contributed by atoms with E-state index in [9.17, 15) is 0 Å². The lowest BCUT2D eigenvalue weighted by Crippen LogP contribution is -2.30. The van der Waals surface area contributed by atoms with E-state index < -0.39 is 0 Å². The molecule has 1 saturated carbocycles. The van der Waals surface area contributed by atoms with Gasteiger partial charge in [-0.2, -0.15) is 0 Å². The predicted molar refractivity (Wildman–Crippen MR) is 97.5 cm³/mol. The second kappa shape index (κ2) is 5.29. The van der Waals surface area contributed by atoms with E-state index in [1.165, 1.54) is 34.6 Å². The number of aromatic nitrogens is 1. The average Bonchev–Trinajstić information content (AvgIpc) is 3.27. The highest BCUT2D eigenvalue weighted by Crippen LogP contribution is 2.31. The number of aryl methyl sites for hydroxylation is 1. The molecule has 1 aromatic heterocycles. The maximum Gasteiger partial charge on any atom is 0.170 e. The van der Waals surface area contributed by atoms with Gasteiger partial charge in [-0.25, -0.2) is 0 Å². The van der Waals surface area contributed by atoms with Crippen LogP contribution in [-0.4, -0.2) is 15.7 Å². The van der Waals surface area contributed by atoms with Gasteiger partial charge in [0.15, 0.2) is 5.11 Å². The zero-order valence-corrected chi connectivity index (χ0v) is 13.4. The SMILES string of the molecule is CCn1c2ccccc2c2cc(NC(=S)NC3CC3)ccc21. The first-order chi connectivity index (χ1) is 10.8. The first kappa shape index (κ1) is 13.6. The molecule has 22 heavy (non-hydrogen) atoms. The molecule has 112 valence electrons. The highest BCUT2D eigenvalue weighted by atomic mass is 32.1.